The van der Waals surface area contributed by atoms with Crippen LogP contribution in [0, 0.1) is 0 Å². The van der Waals surface area contributed by atoms with Crippen molar-refractivity contribution < 1.29 is 23.6 Å². The Labute approximate surface area is 199 Å². The third kappa shape index (κ3) is 5.04. The molecule has 5 rings (SSSR count). The number of urea groups is 1. The third-order valence-corrected chi connectivity index (χ3v) is 6.82. The van der Waals surface area contributed by atoms with Crippen molar-refractivity contribution in [3.63, 3.8) is 0 Å². The first-order valence-corrected chi connectivity index (χ1v) is 12.2. The molecule has 1 N–H and O–H groups in total. The van der Waals surface area contributed by atoms with Gasteiger partial charge in [-0.1, -0.05) is 17.3 Å². The number of amides is 3. The Hall–Kier alpha value is -3.07. The van der Waals surface area contributed by atoms with Gasteiger partial charge in [0, 0.05) is 37.4 Å². The normalized spacial score (nSPS) is 22.4. The lowest BCUT2D eigenvalue weighted by molar-refractivity contribution is -0.142. The molecule has 3 aliphatic rings. The number of benzene rings is 1. The Kier molecular flexibility index (Phi) is 6.71. The molecule has 182 valence electrons. The van der Waals surface area contributed by atoms with Crippen LogP contribution in [0.15, 0.2) is 34.9 Å². The van der Waals surface area contributed by atoms with Crippen LogP contribution in [-0.4, -0.2) is 71.9 Å². The molecule has 2 aromatic rings. The molecule has 9 heteroatoms. The van der Waals surface area contributed by atoms with Crippen molar-refractivity contribution in [1.29, 1.82) is 0 Å². The molecule has 1 aliphatic carbocycles. The monoisotopic (exact) mass is 468 g/mol. The number of nitrogens with zero attached hydrogens (tertiary/aromatic N) is 3. The number of aromatic nitrogens is 1. The summed E-state index contributed by atoms with van der Waals surface area (Å²) in [6.07, 6.45) is 5.23. The van der Waals surface area contributed by atoms with Gasteiger partial charge in [0.1, 0.15) is 17.5 Å². The summed E-state index contributed by atoms with van der Waals surface area (Å²) in [5, 5.41) is 7.14. The van der Waals surface area contributed by atoms with E-state index in [0.29, 0.717) is 24.6 Å². The van der Waals surface area contributed by atoms with Gasteiger partial charge >= 0.3 is 6.03 Å². The summed E-state index contributed by atoms with van der Waals surface area (Å²) in [6, 6.07) is 9.58. The van der Waals surface area contributed by atoms with Crippen molar-refractivity contribution in [3.05, 3.63) is 36.1 Å². The lowest BCUT2D eigenvalue weighted by Gasteiger charge is -2.40. The minimum Gasteiger partial charge on any atom is -0.497 e. The van der Waals surface area contributed by atoms with Crippen LogP contribution in [0.4, 0.5) is 4.79 Å². The first-order valence-electron chi connectivity index (χ1n) is 12.2. The largest absolute Gasteiger partial charge is 0.497 e. The van der Waals surface area contributed by atoms with Crippen molar-refractivity contribution in [1.82, 2.24) is 20.3 Å². The lowest BCUT2D eigenvalue weighted by atomic mass is 10.0. The zero-order chi connectivity index (χ0) is 23.5. The van der Waals surface area contributed by atoms with E-state index in [1.54, 1.807) is 7.11 Å². The van der Waals surface area contributed by atoms with Crippen LogP contribution >= 0.6 is 0 Å². The first-order chi connectivity index (χ1) is 16.6. The van der Waals surface area contributed by atoms with Gasteiger partial charge in [0.05, 0.1) is 19.7 Å². The molecule has 1 saturated carbocycles. The number of hydrogen-bond donors (Lipinski definition) is 1. The molecule has 0 bridgehead atoms. The SMILES string of the molecule is COc1cccc(-c2cc(CNC(=O)N(C3CC3)[C@@H]3CCCN(C(=O)[C@@H]4CCCO4)C3)on2)c1. The maximum absolute atomic E-state index is 13.2. The van der Waals surface area contributed by atoms with E-state index in [1.165, 1.54) is 0 Å². The maximum Gasteiger partial charge on any atom is 0.318 e. The number of likely N-dealkylation sites (tertiary alicyclic amines) is 1. The van der Waals surface area contributed by atoms with E-state index in [-0.39, 0.29) is 36.7 Å². The number of ether oxygens (including phenoxy) is 2. The Balaban J connectivity index is 1.20. The van der Waals surface area contributed by atoms with Gasteiger partial charge in [0.15, 0.2) is 5.76 Å². The van der Waals surface area contributed by atoms with Crippen LogP contribution in [0.1, 0.15) is 44.3 Å². The lowest BCUT2D eigenvalue weighted by Crippen LogP contribution is -2.56. The number of carbonyl (C=O) groups is 2. The molecule has 0 unspecified atom stereocenters. The predicted octanol–water partition coefficient (Wildman–Crippen LogP) is 3.19. The standard InChI is InChI=1S/C25H32N4O5/c1-32-20-7-2-5-17(13-20)22-14-21(34-27-22)15-26-25(31)29(18-9-10-18)19-6-3-11-28(16-19)24(30)23-8-4-12-33-23/h2,5,7,13-14,18-19,23H,3-4,6,8-12,15-16H2,1H3,(H,26,31)/t19-,23+/m1/s1. The van der Waals surface area contributed by atoms with Gasteiger partial charge in [0.2, 0.25) is 0 Å². The number of nitrogens with one attached hydrogen (secondary N) is 1. The number of carbonyl (C=O) groups excluding carboxylic acids is 2. The van der Waals surface area contributed by atoms with E-state index in [4.69, 9.17) is 14.0 Å². The quantitative estimate of drug-likeness (QED) is 0.670. The van der Waals surface area contributed by atoms with Crippen molar-refractivity contribution in [2.75, 3.05) is 26.8 Å². The summed E-state index contributed by atoms with van der Waals surface area (Å²) in [5.74, 6) is 1.40. The van der Waals surface area contributed by atoms with E-state index >= 15 is 0 Å². The van der Waals surface area contributed by atoms with Gasteiger partial charge in [-0.15, -0.1) is 0 Å². The van der Waals surface area contributed by atoms with Crippen LogP contribution in [-0.2, 0) is 16.1 Å². The molecule has 2 atom stereocenters. The molecular formula is C25H32N4O5. The van der Waals surface area contributed by atoms with Gasteiger partial charge in [-0.05, 0) is 50.7 Å². The maximum atomic E-state index is 13.2. The second kappa shape index (κ2) is 10.0. The Morgan fingerprint density at radius 2 is 2.06 bits per heavy atom. The summed E-state index contributed by atoms with van der Waals surface area (Å²) in [7, 11) is 1.62. The Morgan fingerprint density at radius 1 is 1.18 bits per heavy atom. The first kappa shape index (κ1) is 22.7. The van der Waals surface area contributed by atoms with Gasteiger partial charge in [-0.2, -0.15) is 0 Å². The summed E-state index contributed by atoms with van der Waals surface area (Å²) in [5.41, 5.74) is 1.58. The minimum absolute atomic E-state index is 0.0219. The fraction of sp³-hybridized carbons (Fsp3) is 0.560. The second-order valence-electron chi connectivity index (χ2n) is 9.29. The molecule has 2 saturated heterocycles. The van der Waals surface area contributed by atoms with Gasteiger partial charge < -0.3 is 29.1 Å². The summed E-state index contributed by atoms with van der Waals surface area (Å²) < 4.78 is 16.3. The number of methoxy groups -OCH3 is 1. The van der Waals surface area contributed by atoms with E-state index in [9.17, 15) is 9.59 Å². The van der Waals surface area contributed by atoms with E-state index in [1.807, 2.05) is 40.1 Å². The van der Waals surface area contributed by atoms with Crippen LogP contribution in [0.25, 0.3) is 11.3 Å². The highest BCUT2D eigenvalue weighted by molar-refractivity contribution is 5.81. The number of piperidine rings is 1. The van der Waals surface area contributed by atoms with Crippen LogP contribution < -0.4 is 10.1 Å². The topological polar surface area (TPSA) is 97.1 Å². The van der Waals surface area contributed by atoms with Crippen molar-refractivity contribution in [2.24, 2.45) is 0 Å². The van der Waals surface area contributed by atoms with Crippen LogP contribution in [0.2, 0.25) is 0 Å². The fourth-order valence-corrected chi connectivity index (χ4v) is 4.91. The molecule has 34 heavy (non-hydrogen) atoms. The van der Waals surface area contributed by atoms with E-state index in [2.05, 4.69) is 10.5 Å². The smallest absolute Gasteiger partial charge is 0.318 e. The summed E-state index contributed by atoms with van der Waals surface area (Å²) >= 11 is 0. The minimum atomic E-state index is -0.313. The molecule has 0 radical (unpaired) electrons. The molecule has 3 heterocycles. The average Bonchev–Trinajstić information content (AvgIpc) is 3.34. The molecule has 1 aromatic heterocycles. The highest BCUT2D eigenvalue weighted by Gasteiger charge is 2.40. The number of rotatable bonds is 7. The molecule has 3 fully saturated rings. The molecule has 9 nitrogen and oxygen atoms in total. The highest BCUT2D eigenvalue weighted by atomic mass is 16.5. The van der Waals surface area contributed by atoms with Crippen molar-refractivity contribution in [2.45, 2.75) is 63.3 Å². The zero-order valence-corrected chi connectivity index (χ0v) is 19.6. The number of hydrogen-bond acceptors (Lipinski definition) is 6. The van der Waals surface area contributed by atoms with Crippen molar-refractivity contribution in [3.8, 4) is 17.0 Å². The molecule has 0 spiro atoms. The summed E-state index contributed by atoms with van der Waals surface area (Å²) in [6.45, 7) is 2.22. The van der Waals surface area contributed by atoms with E-state index < -0.39 is 0 Å². The Morgan fingerprint density at radius 3 is 2.82 bits per heavy atom. The second-order valence-corrected chi connectivity index (χ2v) is 9.29. The predicted molar refractivity (Wildman–Crippen MR) is 124 cm³/mol. The van der Waals surface area contributed by atoms with Gasteiger partial charge in [-0.3, -0.25) is 4.79 Å². The summed E-state index contributed by atoms with van der Waals surface area (Å²) in [4.78, 5) is 29.9. The highest BCUT2D eigenvalue weighted by Crippen LogP contribution is 2.32. The zero-order valence-electron chi connectivity index (χ0n) is 19.6. The molecule has 1 aromatic carbocycles. The van der Waals surface area contributed by atoms with Crippen molar-refractivity contribution >= 4 is 11.9 Å². The Bertz CT molecular complexity index is 1010. The van der Waals surface area contributed by atoms with Crippen LogP contribution in [0.3, 0.4) is 0 Å². The molecule has 3 amide bonds. The molecular weight excluding hydrogens is 436 g/mol. The van der Waals surface area contributed by atoms with Gasteiger partial charge in [-0.25, -0.2) is 4.79 Å². The molecule has 2 aliphatic heterocycles. The third-order valence-electron chi connectivity index (χ3n) is 6.82. The van der Waals surface area contributed by atoms with E-state index in [0.717, 1.165) is 56.4 Å². The average molecular weight is 469 g/mol. The van der Waals surface area contributed by atoms with Gasteiger partial charge in [0.25, 0.3) is 5.91 Å². The fourth-order valence-electron chi connectivity index (χ4n) is 4.91. The van der Waals surface area contributed by atoms with Crippen LogP contribution in [0.5, 0.6) is 5.75 Å².